The molecule has 8 heteroatoms. The molecule has 28 heavy (non-hydrogen) atoms. The van der Waals surface area contributed by atoms with Crippen molar-refractivity contribution in [3.05, 3.63) is 75.9 Å². The second kappa shape index (κ2) is 7.73. The summed E-state index contributed by atoms with van der Waals surface area (Å²) in [7, 11) is 0. The molecule has 0 fully saturated rings. The average Bonchev–Trinajstić information content (AvgIpc) is 2.70. The van der Waals surface area contributed by atoms with Crippen LogP contribution in [0.5, 0.6) is 11.6 Å². The minimum absolute atomic E-state index is 0.0680. The number of ether oxygens (including phenoxy) is 1. The van der Waals surface area contributed by atoms with Gasteiger partial charge in [0.15, 0.2) is 0 Å². The minimum atomic E-state index is -0.332. The van der Waals surface area contributed by atoms with Crippen molar-refractivity contribution >= 4 is 34.8 Å². The third-order valence-electron chi connectivity index (χ3n) is 4.41. The summed E-state index contributed by atoms with van der Waals surface area (Å²) in [5, 5.41) is 0.772. The number of aryl methyl sites for hydroxylation is 1. The molecule has 5 nitrogen and oxygen atoms in total. The monoisotopic (exact) mass is 417 g/mol. The zero-order chi connectivity index (χ0) is 19.7. The summed E-state index contributed by atoms with van der Waals surface area (Å²) < 4.78 is 19.3. The van der Waals surface area contributed by atoms with Gasteiger partial charge in [0.2, 0.25) is 5.88 Å². The zero-order valence-electron chi connectivity index (χ0n) is 14.5. The van der Waals surface area contributed by atoms with Crippen LogP contribution in [0.3, 0.4) is 0 Å². The number of carbonyl (C=O) groups excluding carboxylic acids is 1. The highest BCUT2D eigenvalue weighted by molar-refractivity contribution is 6.34. The number of amides is 1. The van der Waals surface area contributed by atoms with Crippen molar-refractivity contribution in [2.75, 3.05) is 11.4 Å². The number of aromatic nitrogens is 2. The molecule has 0 atom stereocenters. The lowest BCUT2D eigenvalue weighted by molar-refractivity contribution is 0.0981. The molecule has 0 saturated heterocycles. The molecular weight excluding hydrogens is 404 g/mol. The number of halogens is 3. The molecule has 0 N–H and O–H groups in total. The molecule has 0 spiro atoms. The summed E-state index contributed by atoms with van der Waals surface area (Å²) in [4.78, 5) is 22.9. The number of hydrogen-bond acceptors (Lipinski definition) is 4. The number of nitrogens with zero attached hydrogens (tertiary/aromatic N) is 3. The van der Waals surface area contributed by atoms with Gasteiger partial charge in [-0.3, -0.25) is 4.79 Å². The van der Waals surface area contributed by atoms with Crippen LogP contribution in [0.1, 0.15) is 22.3 Å². The van der Waals surface area contributed by atoms with E-state index in [0.29, 0.717) is 28.7 Å². The number of anilines is 1. The predicted molar refractivity (Wildman–Crippen MR) is 105 cm³/mol. The van der Waals surface area contributed by atoms with Crippen molar-refractivity contribution in [1.29, 1.82) is 0 Å². The van der Waals surface area contributed by atoms with E-state index >= 15 is 0 Å². The van der Waals surface area contributed by atoms with E-state index in [1.807, 2.05) is 0 Å². The van der Waals surface area contributed by atoms with Crippen LogP contribution in [0.25, 0.3) is 0 Å². The number of benzene rings is 2. The van der Waals surface area contributed by atoms with Crippen molar-refractivity contribution in [2.45, 2.75) is 12.8 Å². The number of fused-ring (bicyclic) bond motifs is 1. The van der Waals surface area contributed by atoms with Gasteiger partial charge in [-0.05, 0) is 48.7 Å². The van der Waals surface area contributed by atoms with E-state index in [-0.39, 0.29) is 28.9 Å². The fraction of sp³-hybridized carbons (Fsp3) is 0.150. The molecule has 1 aromatic heterocycles. The summed E-state index contributed by atoms with van der Waals surface area (Å²) in [5.41, 5.74) is 1.64. The van der Waals surface area contributed by atoms with E-state index in [4.69, 9.17) is 27.9 Å². The number of hydrogen-bond donors (Lipinski definition) is 0. The SMILES string of the molecule is O=C(c1cncnc1Oc1cc(Cl)ccc1Cl)N1CCCc2cc(F)ccc21. The Morgan fingerprint density at radius 1 is 1.18 bits per heavy atom. The van der Waals surface area contributed by atoms with Crippen LogP contribution in [0.15, 0.2) is 48.9 Å². The van der Waals surface area contributed by atoms with Gasteiger partial charge in [0.1, 0.15) is 23.5 Å². The Morgan fingerprint density at radius 3 is 2.89 bits per heavy atom. The molecule has 2 heterocycles. The van der Waals surface area contributed by atoms with Crippen molar-refractivity contribution in [2.24, 2.45) is 0 Å². The quantitative estimate of drug-likeness (QED) is 0.579. The summed E-state index contributed by atoms with van der Waals surface area (Å²) >= 11 is 12.1. The van der Waals surface area contributed by atoms with Crippen LogP contribution in [-0.2, 0) is 6.42 Å². The summed E-state index contributed by atoms with van der Waals surface area (Å²) in [6.07, 6.45) is 4.11. The van der Waals surface area contributed by atoms with Gasteiger partial charge in [-0.2, -0.15) is 0 Å². The third-order valence-corrected chi connectivity index (χ3v) is 4.96. The van der Waals surface area contributed by atoms with E-state index in [1.54, 1.807) is 29.2 Å². The number of rotatable bonds is 3. The Morgan fingerprint density at radius 2 is 2.04 bits per heavy atom. The van der Waals surface area contributed by atoms with Crippen LogP contribution < -0.4 is 9.64 Å². The second-order valence-corrected chi connectivity index (χ2v) is 7.10. The topological polar surface area (TPSA) is 55.3 Å². The standard InChI is InChI=1S/C20H14Cl2FN3O2/c21-13-3-5-16(22)18(9-13)28-19-15(10-24-11-25-19)20(27)26-7-1-2-12-8-14(23)4-6-17(12)26/h3-6,8-11H,1-2,7H2. The molecule has 0 radical (unpaired) electrons. The number of carbonyl (C=O) groups is 1. The van der Waals surface area contributed by atoms with Crippen LogP contribution >= 0.6 is 23.2 Å². The van der Waals surface area contributed by atoms with Crippen molar-refractivity contribution < 1.29 is 13.9 Å². The van der Waals surface area contributed by atoms with Gasteiger partial charge in [0, 0.05) is 29.5 Å². The first-order valence-corrected chi connectivity index (χ1v) is 9.32. The lowest BCUT2D eigenvalue weighted by Gasteiger charge is -2.29. The molecule has 1 amide bonds. The van der Waals surface area contributed by atoms with Gasteiger partial charge >= 0.3 is 0 Å². The summed E-state index contributed by atoms with van der Waals surface area (Å²) in [6.45, 7) is 0.504. The lowest BCUT2D eigenvalue weighted by Crippen LogP contribution is -2.35. The first-order chi connectivity index (χ1) is 13.5. The lowest BCUT2D eigenvalue weighted by atomic mass is 10.0. The molecule has 0 aliphatic carbocycles. The second-order valence-electron chi connectivity index (χ2n) is 6.25. The normalized spacial score (nSPS) is 13.2. The maximum atomic E-state index is 13.6. The van der Waals surface area contributed by atoms with Crippen LogP contribution in [0.4, 0.5) is 10.1 Å². The highest BCUT2D eigenvalue weighted by Gasteiger charge is 2.27. The molecule has 0 bridgehead atoms. The zero-order valence-corrected chi connectivity index (χ0v) is 16.0. The fourth-order valence-electron chi connectivity index (χ4n) is 3.13. The largest absolute Gasteiger partial charge is 0.436 e. The minimum Gasteiger partial charge on any atom is -0.436 e. The highest BCUT2D eigenvalue weighted by atomic mass is 35.5. The molecule has 142 valence electrons. The average molecular weight is 418 g/mol. The molecule has 1 aliphatic rings. The van der Waals surface area contributed by atoms with Crippen LogP contribution in [0.2, 0.25) is 10.0 Å². The first-order valence-electron chi connectivity index (χ1n) is 8.56. The first kappa shape index (κ1) is 18.7. The van der Waals surface area contributed by atoms with E-state index in [1.165, 1.54) is 24.7 Å². The van der Waals surface area contributed by atoms with Crippen LogP contribution in [0, 0.1) is 5.82 Å². The smallest absolute Gasteiger partial charge is 0.265 e. The maximum Gasteiger partial charge on any atom is 0.265 e. The molecule has 0 unspecified atom stereocenters. The van der Waals surface area contributed by atoms with Gasteiger partial charge < -0.3 is 9.64 Å². The molecule has 0 saturated carbocycles. The van der Waals surface area contributed by atoms with Crippen molar-refractivity contribution in [3.8, 4) is 11.6 Å². The summed E-state index contributed by atoms with van der Waals surface area (Å²) in [6, 6.07) is 9.18. The fourth-order valence-corrected chi connectivity index (χ4v) is 3.45. The van der Waals surface area contributed by atoms with Crippen molar-refractivity contribution in [1.82, 2.24) is 9.97 Å². The Bertz CT molecular complexity index is 1060. The molecule has 1 aliphatic heterocycles. The maximum absolute atomic E-state index is 13.6. The predicted octanol–water partition coefficient (Wildman–Crippen LogP) is 5.31. The highest BCUT2D eigenvalue weighted by Crippen LogP contribution is 2.34. The van der Waals surface area contributed by atoms with Gasteiger partial charge in [-0.15, -0.1) is 0 Å². The van der Waals surface area contributed by atoms with E-state index < -0.39 is 0 Å². The van der Waals surface area contributed by atoms with Crippen LogP contribution in [-0.4, -0.2) is 22.4 Å². The Labute approximate surface area is 170 Å². The molecule has 2 aromatic carbocycles. The van der Waals surface area contributed by atoms with E-state index in [2.05, 4.69) is 9.97 Å². The van der Waals surface area contributed by atoms with Gasteiger partial charge in [-0.1, -0.05) is 23.2 Å². The Hall–Kier alpha value is -2.70. The molecule has 3 aromatic rings. The van der Waals surface area contributed by atoms with E-state index in [0.717, 1.165) is 12.0 Å². The molecule has 4 rings (SSSR count). The molecular formula is C20H14Cl2FN3O2. The summed E-state index contributed by atoms with van der Waals surface area (Å²) in [5.74, 6) is -0.307. The van der Waals surface area contributed by atoms with E-state index in [9.17, 15) is 9.18 Å². The van der Waals surface area contributed by atoms with Gasteiger partial charge in [0.05, 0.1) is 5.02 Å². The Balaban J connectivity index is 1.69. The van der Waals surface area contributed by atoms with Gasteiger partial charge in [0.25, 0.3) is 5.91 Å². The third kappa shape index (κ3) is 3.66. The Kier molecular flexibility index (Phi) is 5.15. The van der Waals surface area contributed by atoms with Crippen molar-refractivity contribution in [3.63, 3.8) is 0 Å². The van der Waals surface area contributed by atoms with Gasteiger partial charge in [-0.25, -0.2) is 14.4 Å².